The zero-order valence-electron chi connectivity index (χ0n) is 61.7. The van der Waals surface area contributed by atoms with Crippen LogP contribution in [0.4, 0.5) is 4.79 Å². The van der Waals surface area contributed by atoms with Gasteiger partial charge in [-0.1, -0.05) is 203 Å². The van der Waals surface area contributed by atoms with E-state index in [1.165, 1.54) is 28.7 Å². The Morgan fingerprint density at radius 1 is 0.481 bits per heavy atom. The monoisotopic (exact) mass is 1500 g/mol. The van der Waals surface area contributed by atoms with Crippen molar-refractivity contribution in [1.29, 1.82) is 0 Å². The number of thiazole rings is 1. The van der Waals surface area contributed by atoms with Gasteiger partial charge in [-0.05, 0) is 108 Å². The molecular formula is C84H156N18O3S. The smallest absolute Gasteiger partial charge is 0.317 e. The SMILES string of the molecule is C.C.C.C.C.C.C.C.C.C.CC(C)C1=NC(CN)=CC1.CC(C)C1=NN=CC1.CC(C)N1CCNC1=O.CC(C)c1ccccn1.CC(C)c1ccccn1.CC(C)c1nccc(=O)[nH]1.CC(C)c1ncccn1.CC(C)c1ncco1.CC(C)c1nccs1.CC(C)n1cccn1.CC(C)n1cccn1. The molecule has 1 fully saturated rings. The number of carbonyl (C=O) groups is 1. The molecule has 106 heavy (non-hydrogen) atoms. The standard InChI is InChI=1S/C8H14N2.2C8H11N.C7H10N2O.C7H10N2.C6H12N2O.3C6H10N2.C6H9NO.C6H9NS.10CH4/c1-6(2)8-4-3-7(5-9)10-8;2*1-7(2)8-5-3-4-6-9-8;1-5(2)7-8-4-3-6(10)9-7;1-6(2)7-8-4-3-5-9-7;1-5(2)8-4-3-7-6(8)9;2*1-6(2)8-5-3-4-7-8;1-5(2)6-3-4-7-8-6;2*1-5(2)6-7-3-4-8-6;;;;;;;;;;/h3,6H,4-5,9H2,1-2H3;2*3-7H,1-2H3;3-5H,1-2H3,(H,8,9,10);3-6H,1-2H3;5H,3-4H2,1-2H3,(H,7,9);2*3-6H,1-2H3;4-5H,3H2,1-2H3;2*3-5H,1-2H3;10*1H4. The fraction of sp³-hybridized carbons (Fsp3) is 0.571. The number of hydrogen-bond donors (Lipinski definition) is 3. The highest BCUT2D eigenvalue weighted by Crippen LogP contribution is 2.17. The maximum atomic E-state index is 10.8. The fourth-order valence-electron chi connectivity index (χ4n) is 7.55. The molecule has 3 aliphatic rings. The van der Waals surface area contributed by atoms with Crippen molar-refractivity contribution < 1.29 is 9.21 Å². The van der Waals surface area contributed by atoms with E-state index in [0.717, 1.165) is 60.6 Å². The van der Waals surface area contributed by atoms with Crippen LogP contribution in [0, 0.1) is 11.8 Å². The molecule has 0 radical (unpaired) electrons. The van der Waals surface area contributed by atoms with E-state index < -0.39 is 0 Å². The number of nitrogens with one attached hydrogen (secondary N) is 2. The second-order valence-electron chi connectivity index (χ2n) is 25.4. The summed E-state index contributed by atoms with van der Waals surface area (Å²) in [5.74, 6) is 6.42. The molecule has 0 unspecified atom stereocenters. The van der Waals surface area contributed by atoms with E-state index in [4.69, 9.17) is 10.2 Å². The van der Waals surface area contributed by atoms with Crippen molar-refractivity contribution in [3.05, 3.63) is 197 Å². The van der Waals surface area contributed by atoms with Gasteiger partial charge in [-0.15, -0.1) is 11.3 Å². The van der Waals surface area contributed by atoms with Crippen LogP contribution >= 0.6 is 11.3 Å². The molecule has 2 amide bonds. The van der Waals surface area contributed by atoms with E-state index in [0.29, 0.717) is 66.1 Å². The van der Waals surface area contributed by atoms with Gasteiger partial charge in [0, 0.05) is 177 Å². The van der Waals surface area contributed by atoms with Gasteiger partial charge in [0.1, 0.15) is 17.9 Å². The summed E-state index contributed by atoms with van der Waals surface area (Å²) in [6.45, 7) is 48.4. The van der Waals surface area contributed by atoms with E-state index in [9.17, 15) is 9.59 Å². The molecular weight excluding hydrogens is 1340 g/mol. The van der Waals surface area contributed by atoms with Crippen LogP contribution in [-0.4, -0.2) is 114 Å². The van der Waals surface area contributed by atoms with Crippen molar-refractivity contribution >= 4 is 35.0 Å². The van der Waals surface area contributed by atoms with Crippen LogP contribution in [0.5, 0.6) is 0 Å². The first-order valence-electron chi connectivity index (χ1n) is 33.6. The Hall–Kier alpha value is -8.50. The average molecular weight is 1500 g/mol. The van der Waals surface area contributed by atoms with Crippen molar-refractivity contribution in [3.8, 4) is 0 Å². The zero-order chi connectivity index (χ0) is 72.0. The molecule has 8 aromatic rings. The summed E-state index contributed by atoms with van der Waals surface area (Å²) in [5.41, 5.74) is 11.2. The second-order valence-corrected chi connectivity index (χ2v) is 26.3. The molecule has 0 spiro atoms. The average Bonchev–Trinajstić information content (AvgIpc) is 1.82. The van der Waals surface area contributed by atoms with Gasteiger partial charge in [0.25, 0.3) is 5.56 Å². The summed E-state index contributed by atoms with van der Waals surface area (Å²) in [6.07, 6.45) is 27.2. The maximum absolute atomic E-state index is 10.8. The lowest BCUT2D eigenvalue weighted by molar-refractivity contribution is 0.206. The number of carbonyl (C=O) groups excluding carboxylic acids is 1. The number of nitrogens with two attached hydrogens (primary N) is 1. The number of nitrogens with zero attached hydrogens (tertiary/aromatic N) is 15. The number of aromatic nitrogens is 12. The molecule has 0 bridgehead atoms. The summed E-state index contributed by atoms with van der Waals surface area (Å²) in [6, 6.07) is 20.5. The number of amides is 2. The van der Waals surface area contributed by atoms with Crippen LogP contribution in [0.2, 0.25) is 0 Å². The third-order valence-electron chi connectivity index (χ3n) is 13.4. The Balaban J connectivity index is -0.000000119. The summed E-state index contributed by atoms with van der Waals surface area (Å²) in [5, 5.41) is 21.7. The Morgan fingerprint density at radius 3 is 1.21 bits per heavy atom. The van der Waals surface area contributed by atoms with E-state index in [1.807, 2.05) is 153 Å². The van der Waals surface area contributed by atoms with Gasteiger partial charge in [-0.25, -0.2) is 29.7 Å². The number of rotatable bonds is 12. The predicted molar refractivity (Wildman–Crippen MR) is 466 cm³/mol. The van der Waals surface area contributed by atoms with Gasteiger partial charge in [0.15, 0.2) is 5.89 Å². The van der Waals surface area contributed by atoms with Gasteiger partial charge in [-0.2, -0.15) is 20.4 Å². The molecule has 0 aliphatic carbocycles. The molecule has 1 saturated heterocycles. The molecule has 0 aromatic carbocycles. The summed E-state index contributed by atoms with van der Waals surface area (Å²) in [7, 11) is 0. The lowest BCUT2D eigenvalue weighted by Gasteiger charge is -2.17. The molecule has 21 nitrogen and oxygen atoms in total. The predicted octanol–water partition coefficient (Wildman–Crippen LogP) is 23.5. The van der Waals surface area contributed by atoms with Crippen molar-refractivity contribution in [1.82, 2.24) is 69.6 Å². The Labute approximate surface area is 652 Å². The van der Waals surface area contributed by atoms with Crippen molar-refractivity contribution in [2.45, 2.75) is 293 Å². The molecule has 0 atom stereocenters. The van der Waals surface area contributed by atoms with Crippen molar-refractivity contribution in [2.24, 2.45) is 32.8 Å². The Bertz CT molecular complexity index is 3070. The molecule has 3 aliphatic heterocycles. The molecule has 22 heteroatoms. The molecule has 11 rings (SSSR count). The van der Waals surface area contributed by atoms with Crippen LogP contribution in [0.15, 0.2) is 177 Å². The van der Waals surface area contributed by atoms with E-state index in [2.05, 4.69) is 187 Å². The number of urea groups is 1. The topological polar surface area (TPSA) is 267 Å². The Kier molecular flexibility index (Phi) is 77.8. The number of pyridine rings is 2. The molecule has 606 valence electrons. The molecule has 11 heterocycles. The van der Waals surface area contributed by atoms with Gasteiger partial charge < -0.3 is 25.4 Å². The van der Waals surface area contributed by atoms with E-state index >= 15 is 0 Å². The highest BCUT2D eigenvalue weighted by atomic mass is 32.1. The van der Waals surface area contributed by atoms with E-state index in [1.54, 1.807) is 48.6 Å². The minimum absolute atomic E-state index is 0. The number of aromatic amines is 1. The van der Waals surface area contributed by atoms with Gasteiger partial charge in [0.05, 0.1) is 16.9 Å². The number of aliphatic imine (C=N–C) groups is 1. The first-order valence-corrected chi connectivity index (χ1v) is 34.5. The lowest BCUT2D eigenvalue weighted by atomic mass is 10.1. The normalized spacial score (nSPS) is 11.3. The van der Waals surface area contributed by atoms with Crippen LogP contribution in [0.3, 0.4) is 0 Å². The summed E-state index contributed by atoms with van der Waals surface area (Å²) in [4.78, 5) is 58.9. The highest BCUT2D eigenvalue weighted by Gasteiger charge is 2.21. The molecule has 0 saturated carbocycles. The minimum Gasteiger partial charge on any atom is -0.449 e. The third-order valence-corrected chi connectivity index (χ3v) is 14.4. The van der Waals surface area contributed by atoms with Crippen LogP contribution < -0.4 is 16.6 Å². The van der Waals surface area contributed by atoms with Crippen molar-refractivity contribution in [2.75, 3.05) is 19.6 Å². The zero-order valence-corrected chi connectivity index (χ0v) is 62.6. The van der Waals surface area contributed by atoms with Crippen LogP contribution in [0.1, 0.15) is 321 Å². The Morgan fingerprint density at radius 2 is 0.991 bits per heavy atom. The maximum Gasteiger partial charge on any atom is 0.317 e. The summed E-state index contributed by atoms with van der Waals surface area (Å²) >= 11 is 1.72. The van der Waals surface area contributed by atoms with Gasteiger partial charge in [-0.3, -0.25) is 29.1 Å². The first-order chi connectivity index (χ1) is 45.6. The highest BCUT2D eigenvalue weighted by molar-refractivity contribution is 7.09. The first kappa shape index (κ1) is 119. The number of H-pyrrole nitrogens is 1. The van der Waals surface area contributed by atoms with E-state index in [-0.39, 0.29) is 91.8 Å². The van der Waals surface area contributed by atoms with Crippen LogP contribution in [0.25, 0.3) is 0 Å². The summed E-state index contributed by atoms with van der Waals surface area (Å²) < 4.78 is 8.82. The number of allylic oxidation sites excluding steroid dienone is 1. The number of oxazole rings is 1. The molecule has 8 aromatic heterocycles. The van der Waals surface area contributed by atoms with Crippen LogP contribution in [-0.2, 0) is 0 Å². The lowest BCUT2D eigenvalue weighted by Crippen LogP contribution is -2.33. The third kappa shape index (κ3) is 54.1. The van der Waals surface area contributed by atoms with Crippen molar-refractivity contribution in [3.63, 3.8) is 0 Å². The number of hydrogen-bond acceptors (Lipinski definition) is 17. The second kappa shape index (κ2) is 69.5. The largest absolute Gasteiger partial charge is 0.449 e. The van der Waals surface area contributed by atoms with Gasteiger partial charge >= 0.3 is 6.03 Å². The quantitative estimate of drug-likeness (QED) is 0.103. The van der Waals surface area contributed by atoms with Gasteiger partial charge in [0.2, 0.25) is 0 Å². The minimum atomic E-state index is -0.0845. The molecule has 4 N–H and O–H groups in total. The fourth-order valence-corrected chi connectivity index (χ4v) is 8.20.